The Kier molecular flexibility index (Phi) is 7.57. The summed E-state index contributed by atoms with van der Waals surface area (Å²) in [5.41, 5.74) is 3.47. The molecule has 1 N–H and O–H groups in total. The molecule has 3 rings (SSSR count). The summed E-state index contributed by atoms with van der Waals surface area (Å²) in [6.45, 7) is 7.83. The van der Waals surface area contributed by atoms with Crippen molar-refractivity contribution in [2.45, 2.75) is 45.8 Å². The van der Waals surface area contributed by atoms with Gasteiger partial charge in [0.15, 0.2) is 0 Å². The van der Waals surface area contributed by atoms with Gasteiger partial charge in [-0.2, -0.15) is 0 Å². The van der Waals surface area contributed by atoms with E-state index in [1.54, 1.807) is 0 Å². The van der Waals surface area contributed by atoms with Gasteiger partial charge in [0.05, 0.1) is 6.54 Å². The van der Waals surface area contributed by atoms with Gasteiger partial charge < -0.3 is 14.8 Å². The highest BCUT2D eigenvalue weighted by Crippen LogP contribution is 2.29. The first kappa shape index (κ1) is 20.8. The lowest BCUT2D eigenvalue weighted by Gasteiger charge is -2.21. The molecule has 0 bridgehead atoms. The maximum Gasteiger partial charge on any atom is 0.123 e. The highest BCUT2D eigenvalue weighted by molar-refractivity contribution is 5.48. The molecule has 0 radical (unpaired) electrons. The maximum absolute atomic E-state index is 6.23. The van der Waals surface area contributed by atoms with Crippen molar-refractivity contribution >= 4 is 5.69 Å². The van der Waals surface area contributed by atoms with Crippen LogP contribution in [0.2, 0.25) is 0 Å². The summed E-state index contributed by atoms with van der Waals surface area (Å²) >= 11 is 0. The lowest BCUT2D eigenvalue weighted by molar-refractivity contribution is 0.231. The Morgan fingerprint density at radius 3 is 2.41 bits per heavy atom. The molecule has 0 aliphatic heterocycles. The molecule has 0 heterocycles. The number of rotatable bonds is 10. The molecule has 0 saturated carbocycles. The first-order chi connectivity index (χ1) is 14.2. The molecule has 3 heteroatoms. The van der Waals surface area contributed by atoms with Gasteiger partial charge in [0.1, 0.15) is 24.2 Å². The monoisotopic (exact) mass is 389 g/mol. The van der Waals surface area contributed by atoms with E-state index in [0.717, 1.165) is 35.7 Å². The van der Waals surface area contributed by atoms with E-state index in [0.29, 0.717) is 12.5 Å². The number of nitrogens with one attached hydrogen (secondary N) is 1. The van der Waals surface area contributed by atoms with Crippen LogP contribution in [0.25, 0.3) is 0 Å². The van der Waals surface area contributed by atoms with Crippen molar-refractivity contribution in [3.8, 4) is 11.5 Å². The van der Waals surface area contributed by atoms with Crippen LogP contribution in [-0.2, 0) is 6.61 Å². The molecule has 0 aliphatic carbocycles. The Balaban J connectivity index is 1.53. The van der Waals surface area contributed by atoms with Gasteiger partial charge in [0.25, 0.3) is 0 Å². The fraction of sp³-hybridized carbons (Fsp3) is 0.308. The van der Waals surface area contributed by atoms with Crippen molar-refractivity contribution in [3.05, 3.63) is 90.0 Å². The molecular weight excluding hydrogens is 358 g/mol. The van der Waals surface area contributed by atoms with Gasteiger partial charge in [-0.25, -0.2) is 0 Å². The average Bonchev–Trinajstić information content (AvgIpc) is 2.77. The second kappa shape index (κ2) is 10.6. The van der Waals surface area contributed by atoms with Crippen LogP contribution in [0.4, 0.5) is 5.69 Å². The van der Waals surface area contributed by atoms with Crippen LogP contribution in [-0.4, -0.2) is 12.6 Å². The van der Waals surface area contributed by atoms with Crippen LogP contribution < -0.4 is 14.8 Å². The second-order valence-corrected chi connectivity index (χ2v) is 7.46. The number of benzene rings is 3. The van der Waals surface area contributed by atoms with Gasteiger partial charge >= 0.3 is 0 Å². The predicted octanol–water partition coefficient (Wildman–Crippen LogP) is 6.66. The summed E-state index contributed by atoms with van der Waals surface area (Å²) < 4.78 is 12.2. The fourth-order valence-corrected chi connectivity index (χ4v) is 3.17. The van der Waals surface area contributed by atoms with Crippen molar-refractivity contribution in [1.29, 1.82) is 0 Å². The van der Waals surface area contributed by atoms with E-state index in [1.165, 1.54) is 5.56 Å². The molecule has 0 spiro atoms. The predicted molar refractivity (Wildman–Crippen MR) is 121 cm³/mol. The van der Waals surface area contributed by atoms with Crippen molar-refractivity contribution in [3.63, 3.8) is 0 Å². The first-order valence-corrected chi connectivity index (χ1v) is 10.4. The Morgan fingerprint density at radius 2 is 1.62 bits per heavy atom. The Morgan fingerprint density at radius 1 is 0.862 bits per heavy atom. The standard InChI is InChI=1S/C26H31NO2/c1-4-20(2)25-15-8-9-16-26(25)29-21(3)18-27-23-13-10-14-24(17-23)28-19-22-11-6-5-7-12-22/h5-17,20-21,27H,4,18-19H2,1-3H3/t20-,21+/m0/s1. The molecule has 152 valence electrons. The third-order valence-corrected chi connectivity index (χ3v) is 5.07. The molecule has 3 aromatic rings. The molecule has 0 amide bonds. The molecule has 3 aromatic carbocycles. The van der Waals surface area contributed by atoms with Crippen LogP contribution in [0, 0.1) is 0 Å². The number of ether oxygens (including phenoxy) is 2. The van der Waals surface area contributed by atoms with Gasteiger partial charge in [-0.1, -0.05) is 68.4 Å². The SMILES string of the molecule is CC[C@H](C)c1ccccc1O[C@H](C)CNc1cccc(OCc2ccccc2)c1. The minimum absolute atomic E-state index is 0.0501. The molecular formula is C26H31NO2. The van der Waals surface area contributed by atoms with Crippen LogP contribution in [0.3, 0.4) is 0 Å². The topological polar surface area (TPSA) is 30.5 Å². The minimum Gasteiger partial charge on any atom is -0.489 e. The van der Waals surface area contributed by atoms with Gasteiger partial charge in [0, 0.05) is 11.8 Å². The summed E-state index contributed by atoms with van der Waals surface area (Å²) in [7, 11) is 0. The Bertz CT molecular complexity index is 879. The summed E-state index contributed by atoms with van der Waals surface area (Å²) in [6.07, 6.45) is 1.15. The molecule has 2 atom stereocenters. The normalized spacial score (nSPS) is 12.8. The first-order valence-electron chi connectivity index (χ1n) is 10.4. The van der Waals surface area contributed by atoms with Crippen molar-refractivity contribution in [2.24, 2.45) is 0 Å². The number of hydrogen-bond donors (Lipinski definition) is 1. The van der Waals surface area contributed by atoms with E-state index < -0.39 is 0 Å². The summed E-state index contributed by atoms with van der Waals surface area (Å²) in [5, 5.41) is 3.46. The van der Waals surface area contributed by atoms with Crippen molar-refractivity contribution < 1.29 is 9.47 Å². The highest BCUT2D eigenvalue weighted by atomic mass is 16.5. The van der Waals surface area contributed by atoms with Gasteiger partial charge in [0.2, 0.25) is 0 Å². The third-order valence-electron chi connectivity index (χ3n) is 5.07. The van der Waals surface area contributed by atoms with Crippen molar-refractivity contribution in [1.82, 2.24) is 0 Å². The number of anilines is 1. The summed E-state index contributed by atoms with van der Waals surface area (Å²) in [6, 6.07) is 26.6. The number of para-hydroxylation sites is 1. The molecule has 0 fully saturated rings. The molecule has 0 aliphatic rings. The van der Waals surface area contributed by atoms with Crippen molar-refractivity contribution in [2.75, 3.05) is 11.9 Å². The van der Waals surface area contributed by atoms with Gasteiger partial charge in [-0.3, -0.25) is 0 Å². The van der Waals surface area contributed by atoms with E-state index in [-0.39, 0.29) is 6.10 Å². The van der Waals surface area contributed by atoms with E-state index in [9.17, 15) is 0 Å². The van der Waals surface area contributed by atoms with Crippen LogP contribution in [0.15, 0.2) is 78.9 Å². The molecule has 29 heavy (non-hydrogen) atoms. The smallest absolute Gasteiger partial charge is 0.123 e. The lowest BCUT2D eigenvalue weighted by atomic mass is 9.98. The average molecular weight is 390 g/mol. The third kappa shape index (κ3) is 6.28. The minimum atomic E-state index is 0.0501. The zero-order valence-corrected chi connectivity index (χ0v) is 17.6. The quantitative estimate of drug-likeness (QED) is 0.421. The van der Waals surface area contributed by atoms with Crippen LogP contribution in [0.1, 0.15) is 44.2 Å². The largest absolute Gasteiger partial charge is 0.489 e. The molecule has 0 aromatic heterocycles. The second-order valence-electron chi connectivity index (χ2n) is 7.46. The zero-order chi connectivity index (χ0) is 20.5. The fourth-order valence-electron chi connectivity index (χ4n) is 3.17. The Hall–Kier alpha value is -2.94. The van der Waals surface area contributed by atoms with Gasteiger partial charge in [-0.15, -0.1) is 0 Å². The van der Waals surface area contributed by atoms with Crippen LogP contribution >= 0.6 is 0 Å². The van der Waals surface area contributed by atoms with Gasteiger partial charge in [-0.05, 0) is 48.6 Å². The van der Waals surface area contributed by atoms with Crippen LogP contribution in [0.5, 0.6) is 11.5 Å². The Labute approximate surface area is 174 Å². The maximum atomic E-state index is 6.23. The van der Waals surface area contributed by atoms with E-state index in [1.807, 2.05) is 42.5 Å². The number of hydrogen-bond acceptors (Lipinski definition) is 3. The zero-order valence-electron chi connectivity index (χ0n) is 17.6. The van der Waals surface area contributed by atoms with E-state index >= 15 is 0 Å². The molecule has 0 unspecified atom stereocenters. The molecule has 3 nitrogen and oxygen atoms in total. The summed E-state index contributed by atoms with van der Waals surface area (Å²) in [5.74, 6) is 2.33. The highest BCUT2D eigenvalue weighted by Gasteiger charge is 2.12. The van der Waals surface area contributed by atoms with E-state index in [2.05, 4.69) is 62.5 Å². The molecule has 0 saturated heterocycles. The van der Waals surface area contributed by atoms with E-state index in [4.69, 9.17) is 9.47 Å². The summed E-state index contributed by atoms with van der Waals surface area (Å²) in [4.78, 5) is 0. The lowest BCUT2D eigenvalue weighted by Crippen LogP contribution is -2.23.